The van der Waals surface area contributed by atoms with Gasteiger partial charge >= 0.3 is 0 Å². The molecule has 2 aromatic rings. The first-order valence-electron chi connectivity index (χ1n) is 7.27. The maximum atomic E-state index is 13.2. The molecule has 1 amide bonds. The molecule has 4 nitrogen and oxygen atoms in total. The minimum Gasteiger partial charge on any atom is -0.486 e. The minimum absolute atomic E-state index is 0.325. The van der Waals surface area contributed by atoms with Crippen LogP contribution in [0.1, 0.15) is 11.1 Å². The second-order valence-corrected chi connectivity index (χ2v) is 5.18. The molecule has 0 aliphatic carbocycles. The lowest BCUT2D eigenvalue weighted by Gasteiger charge is -2.18. The van der Waals surface area contributed by atoms with Crippen molar-refractivity contribution in [2.75, 3.05) is 18.5 Å². The first-order valence-corrected chi connectivity index (χ1v) is 7.27. The molecule has 0 aromatic heterocycles. The van der Waals surface area contributed by atoms with Crippen LogP contribution < -0.4 is 14.8 Å². The molecule has 118 valence electrons. The van der Waals surface area contributed by atoms with E-state index in [1.54, 1.807) is 19.1 Å². The van der Waals surface area contributed by atoms with Crippen molar-refractivity contribution in [2.45, 2.75) is 6.92 Å². The van der Waals surface area contributed by atoms with Gasteiger partial charge in [0.2, 0.25) is 5.91 Å². The van der Waals surface area contributed by atoms with Crippen molar-refractivity contribution in [1.82, 2.24) is 0 Å². The summed E-state index contributed by atoms with van der Waals surface area (Å²) in [6, 6.07) is 9.73. The van der Waals surface area contributed by atoms with E-state index in [-0.39, 0.29) is 11.7 Å². The fourth-order valence-corrected chi connectivity index (χ4v) is 2.24. The van der Waals surface area contributed by atoms with E-state index in [9.17, 15) is 9.18 Å². The van der Waals surface area contributed by atoms with E-state index in [0.717, 1.165) is 11.1 Å². The summed E-state index contributed by atoms with van der Waals surface area (Å²) in [6.45, 7) is 2.86. The molecule has 0 bridgehead atoms. The van der Waals surface area contributed by atoms with Crippen LogP contribution in [0.5, 0.6) is 11.5 Å². The van der Waals surface area contributed by atoms with E-state index in [1.165, 1.54) is 18.2 Å². The molecule has 5 heteroatoms. The van der Waals surface area contributed by atoms with Gasteiger partial charge < -0.3 is 14.8 Å². The number of rotatable bonds is 3. The van der Waals surface area contributed by atoms with Gasteiger partial charge in [0.05, 0.1) is 0 Å². The number of carbonyl (C=O) groups excluding carboxylic acids is 1. The fourth-order valence-electron chi connectivity index (χ4n) is 2.24. The number of halogens is 1. The summed E-state index contributed by atoms with van der Waals surface area (Å²) in [4.78, 5) is 12.0. The van der Waals surface area contributed by atoms with Gasteiger partial charge in [0.15, 0.2) is 11.5 Å². The zero-order valence-electron chi connectivity index (χ0n) is 12.6. The molecule has 0 fully saturated rings. The molecule has 0 atom stereocenters. The van der Waals surface area contributed by atoms with E-state index in [0.29, 0.717) is 30.4 Å². The molecule has 0 saturated carbocycles. The van der Waals surface area contributed by atoms with Crippen LogP contribution in [-0.2, 0) is 4.79 Å². The number of ether oxygens (including phenoxy) is 2. The number of aryl methyl sites for hydroxylation is 1. The predicted octanol–water partition coefficient (Wildman–Crippen LogP) is 3.56. The average molecular weight is 313 g/mol. The second kappa shape index (κ2) is 6.52. The highest BCUT2D eigenvalue weighted by molar-refractivity contribution is 6.02. The monoisotopic (exact) mass is 313 g/mol. The van der Waals surface area contributed by atoms with E-state index in [1.807, 2.05) is 18.2 Å². The van der Waals surface area contributed by atoms with E-state index >= 15 is 0 Å². The third-order valence-electron chi connectivity index (χ3n) is 3.45. The molecule has 2 aromatic carbocycles. The van der Waals surface area contributed by atoms with Crippen LogP contribution in [0.3, 0.4) is 0 Å². The smallest absolute Gasteiger partial charge is 0.248 e. The normalized spacial score (nSPS) is 13.1. The largest absolute Gasteiger partial charge is 0.486 e. The van der Waals surface area contributed by atoms with Crippen LogP contribution in [0.4, 0.5) is 10.1 Å². The molecule has 23 heavy (non-hydrogen) atoms. The number of nitrogens with one attached hydrogen (secondary N) is 1. The highest BCUT2D eigenvalue weighted by atomic mass is 19.1. The van der Waals surface area contributed by atoms with Crippen LogP contribution in [0.25, 0.3) is 6.08 Å². The summed E-state index contributed by atoms with van der Waals surface area (Å²) >= 11 is 0. The highest BCUT2D eigenvalue weighted by Gasteiger charge is 2.11. The standard InChI is InChI=1S/C18H16FNO3/c1-12-2-5-14(19)11-15(12)20-18(21)7-4-13-3-6-16-17(10-13)23-9-8-22-16/h2-7,10-11H,8-9H2,1H3,(H,20,21). The van der Waals surface area contributed by atoms with Gasteiger partial charge in [-0.25, -0.2) is 4.39 Å². The predicted molar refractivity (Wildman–Crippen MR) is 86.2 cm³/mol. The van der Waals surface area contributed by atoms with Crippen molar-refractivity contribution in [2.24, 2.45) is 0 Å². The quantitative estimate of drug-likeness (QED) is 0.882. The molecule has 3 rings (SSSR count). The topological polar surface area (TPSA) is 47.6 Å². The molecule has 1 aliphatic rings. The first kappa shape index (κ1) is 15.1. The lowest BCUT2D eigenvalue weighted by atomic mass is 10.1. The van der Waals surface area contributed by atoms with Crippen molar-refractivity contribution in [3.05, 3.63) is 59.4 Å². The Hall–Kier alpha value is -2.82. The van der Waals surface area contributed by atoms with E-state index in [4.69, 9.17) is 9.47 Å². The summed E-state index contributed by atoms with van der Waals surface area (Å²) in [5, 5.41) is 2.66. The van der Waals surface area contributed by atoms with Gasteiger partial charge in [-0.15, -0.1) is 0 Å². The van der Waals surface area contributed by atoms with Gasteiger partial charge in [-0.05, 0) is 48.4 Å². The van der Waals surface area contributed by atoms with Crippen molar-refractivity contribution in [3.8, 4) is 11.5 Å². The Morgan fingerprint density at radius 1 is 1.13 bits per heavy atom. The maximum Gasteiger partial charge on any atom is 0.248 e. The van der Waals surface area contributed by atoms with Gasteiger partial charge in [-0.3, -0.25) is 4.79 Å². The molecule has 0 saturated heterocycles. The third-order valence-corrected chi connectivity index (χ3v) is 3.45. The number of anilines is 1. The molecular formula is C18H16FNO3. The summed E-state index contributed by atoms with van der Waals surface area (Å²) in [7, 11) is 0. The number of benzene rings is 2. The van der Waals surface area contributed by atoms with Gasteiger partial charge in [0, 0.05) is 11.8 Å². The Labute approximate surface area is 133 Å². The Balaban J connectivity index is 1.70. The third kappa shape index (κ3) is 3.69. The van der Waals surface area contributed by atoms with E-state index in [2.05, 4.69) is 5.32 Å². The average Bonchev–Trinajstić information content (AvgIpc) is 2.56. The molecule has 0 unspecified atom stereocenters. The van der Waals surface area contributed by atoms with Gasteiger partial charge in [-0.2, -0.15) is 0 Å². The van der Waals surface area contributed by atoms with Crippen LogP contribution in [-0.4, -0.2) is 19.1 Å². The van der Waals surface area contributed by atoms with Crippen LogP contribution in [0.2, 0.25) is 0 Å². The Bertz CT molecular complexity index is 771. The van der Waals surface area contributed by atoms with Gasteiger partial charge in [-0.1, -0.05) is 12.1 Å². The number of fused-ring (bicyclic) bond motifs is 1. The molecule has 1 aliphatic heterocycles. The minimum atomic E-state index is -0.387. The lowest BCUT2D eigenvalue weighted by molar-refractivity contribution is -0.111. The zero-order valence-corrected chi connectivity index (χ0v) is 12.6. The molecule has 0 spiro atoms. The Kier molecular flexibility index (Phi) is 4.28. The van der Waals surface area contributed by atoms with Gasteiger partial charge in [0.25, 0.3) is 0 Å². The molecular weight excluding hydrogens is 297 g/mol. The summed E-state index contributed by atoms with van der Waals surface area (Å²) in [6.07, 6.45) is 3.07. The summed E-state index contributed by atoms with van der Waals surface area (Å²) in [5.41, 5.74) is 2.08. The summed E-state index contributed by atoms with van der Waals surface area (Å²) < 4.78 is 24.2. The van der Waals surface area contributed by atoms with E-state index < -0.39 is 0 Å². The fraction of sp³-hybridized carbons (Fsp3) is 0.167. The summed E-state index contributed by atoms with van der Waals surface area (Å²) in [5.74, 6) is 0.656. The van der Waals surface area contributed by atoms with Crippen molar-refractivity contribution >= 4 is 17.7 Å². The second-order valence-electron chi connectivity index (χ2n) is 5.18. The van der Waals surface area contributed by atoms with Gasteiger partial charge in [0.1, 0.15) is 19.0 Å². The number of hydrogen-bond donors (Lipinski definition) is 1. The number of amides is 1. The maximum absolute atomic E-state index is 13.2. The number of hydrogen-bond acceptors (Lipinski definition) is 3. The van der Waals surface area contributed by atoms with Crippen LogP contribution in [0.15, 0.2) is 42.5 Å². The molecule has 0 radical (unpaired) electrons. The molecule has 1 N–H and O–H groups in total. The molecule has 1 heterocycles. The Morgan fingerprint density at radius 3 is 2.74 bits per heavy atom. The van der Waals surface area contributed by atoms with Crippen molar-refractivity contribution < 1.29 is 18.7 Å². The number of carbonyl (C=O) groups is 1. The van der Waals surface area contributed by atoms with Crippen LogP contribution >= 0.6 is 0 Å². The Morgan fingerprint density at radius 2 is 1.91 bits per heavy atom. The van der Waals surface area contributed by atoms with Crippen molar-refractivity contribution in [1.29, 1.82) is 0 Å². The highest BCUT2D eigenvalue weighted by Crippen LogP contribution is 2.31. The lowest BCUT2D eigenvalue weighted by Crippen LogP contribution is -2.15. The van der Waals surface area contributed by atoms with Crippen molar-refractivity contribution in [3.63, 3.8) is 0 Å². The zero-order chi connectivity index (χ0) is 16.2. The van der Waals surface area contributed by atoms with Crippen LogP contribution in [0, 0.1) is 12.7 Å². The SMILES string of the molecule is Cc1ccc(F)cc1NC(=O)C=Cc1ccc2c(c1)OCCO2. The first-order chi connectivity index (χ1) is 11.1.